The number of rotatable bonds is 4. The fraction of sp³-hybridized carbons (Fsp3) is 0.136. The lowest BCUT2D eigenvalue weighted by Gasteiger charge is -2.01. The molecule has 25 heavy (non-hydrogen) atoms. The van der Waals surface area contributed by atoms with Gasteiger partial charge in [-0.15, -0.1) is 12.6 Å². The number of carbonyl (C=O) groups is 1. The molecule has 3 rings (SSSR count). The van der Waals surface area contributed by atoms with E-state index in [2.05, 4.69) is 55.4 Å². The molecule has 0 amide bonds. The molecule has 0 bridgehead atoms. The quantitative estimate of drug-likeness (QED) is 0.434. The predicted molar refractivity (Wildman–Crippen MR) is 111 cm³/mol. The first kappa shape index (κ1) is 18.8. The predicted octanol–water partition coefficient (Wildman–Crippen LogP) is 6.08. The Kier molecular flexibility index (Phi) is 6.84. The molecule has 128 valence electrons. The highest BCUT2D eigenvalue weighted by atomic mass is 32.1. The summed E-state index contributed by atoms with van der Waals surface area (Å²) in [4.78, 5) is 14.4. The second-order valence-electron chi connectivity index (χ2n) is 5.81. The maximum absolute atomic E-state index is 10.3. The van der Waals surface area contributed by atoms with E-state index in [0.717, 1.165) is 23.2 Å². The molecule has 3 aromatic rings. The summed E-state index contributed by atoms with van der Waals surface area (Å²) in [6, 6.07) is 15.9. The summed E-state index contributed by atoms with van der Waals surface area (Å²) in [5.41, 5.74) is 5.57. The van der Waals surface area contributed by atoms with E-state index in [-0.39, 0.29) is 0 Å². The molecule has 1 N–H and O–H groups in total. The third-order valence-corrected chi connectivity index (χ3v) is 4.17. The van der Waals surface area contributed by atoms with Crippen molar-refractivity contribution in [3.05, 3.63) is 89.0 Å². The van der Waals surface area contributed by atoms with Crippen LogP contribution in [0, 0.1) is 0 Å². The summed E-state index contributed by atoms with van der Waals surface area (Å²) < 4.78 is 0. The van der Waals surface area contributed by atoms with Crippen LogP contribution in [-0.2, 0) is 6.42 Å². The first-order valence-electron chi connectivity index (χ1n) is 8.15. The van der Waals surface area contributed by atoms with Gasteiger partial charge < -0.3 is 4.98 Å². The molecule has 0 aliphatic rings. The fourth-order valence-corrected chi connectivity index (χ4v) is 2.69. The molecule has 2 aromatic carbocycles. The third kappa shape index (κ3) is 5.23. The minimum atomic E-state index is 0.725. The van der Waals surface area contributed by atoms with Crippen LogP contribution in [0.4, 0.5) is 0 Å². The van der Waals surface area contributed by atoms with E-state index in [1.807, 2.05) is 43.5 Å². The normalized spacial score (nSPS) is 10.9. The Morgan fingerprint density at radius 1 is 1.16 bits per heavy atom. The van der Waals surface area contributed by atoms with Crippen LogP contribution in [-0.4, -0.2) is 11.3 Å². The molecule has 1 aromatic heterocycles. The van der Waals surface area contributed by atoms with Gasteiger partial charge in [0.15, 0.2) is 0 Å². The number of benzene rings is 2. The van der Waals surface area contributed by atoms with Crippen molar-refractivity contribution in [1.29, 1.82) is 0 Å². The highest BCUT2D eigenvalue weighted by molar-refractivity contribution is 7.84. The lowest BCUT2D eigenvalue weighted by atomic mass is 10.1. The molecule has 0 radical (unpaired) electrons. The summed E-state index contributed by atoms with van der Waals surface area (Å²) in [6.07, 6.45) is 5.69. The minimum Gasteiger partial charge on any atom is -0.361 e. The Morgan fingerprint density at radius 2 is 1.88 bits per heavy atom. The van der Waals surface area contributed by atoms with Crippen LogP contribution in [0.25, 0.3) is 16.5 Å². The number of aromatic amines is 1. The number of hydrogen-bond acceptors (Lipinski definition) is 2. The molecule has 0 unspecified atom stereocenters. The summed E-state index contributed by atoms with van der Waals surface area (Å²) in [6.45, 7) is 7.85. The van der Waals surface area contributed by atoms with E-state index in [9.17, 15) is 4.79 Å². The largest absolute Gasteiger partial charge is 0.361 e. The van der Waals surface area contributed by atoms with Crippen LogP contribution < -0.4 is 0 Å². The van der Waals surface area contributed by atoms with Crippen LogP contribution in [0.3, 0.4) is 0 Å². The van der Waals surface area contributed by atoms with Crippen LogP contribution >= 0.6 is 12.6 Å². The van der Waals surface area contributed by atoms with E-state index < -0.39 is 0 Å². The lowest BCUT2D eigenvalue weighted by molar-refractivity contribution is 0.112. The second kappa shape index (κ2) is 9.09. The van der Waals surface area contributed by atoms with Gasteiger partial charge in [-0.2, -0.15) is 0 Å². The smallest absolute Gasteiger partial charge is 0.150 e. The molecule has 0 aliphatic carbocycles. The molecule has 2 nitrogen and oxygen atoms in total. The van der Waals surface area contributed by atoms with E-state index in [1.165, 1.54) is 27.6 Å². The van der Waals surface area contributed by atoms with Crippen LogP contribution in [0.1, 0.15) is 35.3 Å². The van der Waals surface area contributed by atoms with Crippen LogP contribution in [0.2, 0.25) is 0 Å². The third-order valence-electron chi connectivity index (χ3n) is 4.01. The number of nitrogens with one attached hydrogen (secondary N) is 1. The van der Waals surface area contributed by atoms with E-state index in [4.69, 9.17) is 0 Å². The first-order chi connectivity index (χ1) is 12.0. The molecule has 0 saturated heterocycles. The van der Waals surface area contributed by atoms with Gasteiger partial charge in [-0.3, -0.25) is 4.79 Å². The number of aldehydes is 1. The number of fused-ring (bicyclic) bond motifs is 1. The molecular formula is C22H23NOS. The van der Waals surface area contributed by atoms with Gasteiger partial charge in [0.05, 0.1) is 0 Å². The van der Waals surface area contributed by atoms with Crippen molar-refractivity contribution in [1.82, 2.24) is 4.98 Å². The van der Waals surface area contributed by atoms with Crippen molar-refractivity contribution >= 4 is 35.4 Å². The average molecular weight is 349 g/mol. The molecule has 0 atom stereocenters. The molecule has 1 heterocycles. The summed E-state index contributed by atoms with van der Waals surface area (Å²) in [7, 11) is 0. The number of hydrogen-bond donors (Lipinski definition) is 2. The number of allylic oxidation sites excluding steroid dienone is 3. The van der Waals surface area contributed by atoms with Crippen molar-refractivity contribution in [2.24, 2.45) is 0 Å². The number of aromatic nitrogens is 1. The van der Waals surface area contributed by atoms with Gasteiger partial charge >= 0.3 is 0 Å². The van der Waals surface area contributed by atoms with Gasteiger partial charge in [0.2, 0.25) is 0 Å². The molecular weight excluding hydrogens is 326 g/mol. The summed E-state index contributed by atoms with van der Waals surface area (Å²) >= 11 is 4.21. The maximum atomic E-state index is 10.3. The summed E-state index contributed by atoms with van der Waals surface area (Å²) in [5, 5.41) is 1.26. The zero-order chi connectivity index (χ0) is 18.2. The average Bonchev–Trinajstić information content (AvgIpc) is 3.11. The minimum absolute atomic E-state index is 0.725. The van der Waals surface area contributed by atoms with E-state index >= 15 is 0 Å². The first-order valence-corrected chi connectivity index (χ1v) is 8.60. The highest BCUT2D eigenvalue weighted by Crippen LogP contribution is 2.20. The van der Waals surface area contributed by atoms with Gasteiger partial charge in [-0.25, -0.2) is 0 Å². The molecule has 0 saturated carbocycles. The number of carbonyl (C=O) groups excluding carboxylic acids is 1. The van der Waals surface area contributed by atoms with Crippen molar-refractivity contribution < 1.29 is 4.79 Å². The Hall–Kier alpha value is -2.52. The zero-order valence-corrected chi connectivity index (χ0v) is 15.5. The standard InChI is InChI=1S/C11H11NS.C11H12O/c1-8(13)7-9-3-2-4-11-10(9)5-6-12-11;1-3-9(2)11-6-4-10(8-12)5-7-11/h2-6,12-13H,1,7H2;3-8H,1-2H3/b;9-3+. The Balaban J connectivity index is 0.000000181. The zero-order valence-electron chi connectivity index (χ0n) is 14.6. The van der Waals surface area contributed by atoms with Gasteiger partial charge in [0.25, 0.3) is 0 Å². The van der Waals surface area contributed by atoms with Gasteiger partial charge in [-0.05, 0) is 47.6 Å². The Morgan fingerprint density at radius 3 is 2.48 bits per heavy atom. The monoisotopic (exact) mass is 349 g/mol. The van der Waals surface area contributed by atoms with Gasteiger partial charge in [0, 0.05) is 29.1 Å². The number of H-pyrrole nitrogens is 1. The highest BCUT2D eigenvalue weighted by Gasteiger charge is 2.00. The van der Waals surface area contributed by atoms with Crippen molar-refractivity contribution in [2.45, 2.75) is 20.3 Å². The Bertz CT molecular complexity index is 888. The maximum Gasteiger partial charge on any atom is 0.150 e. The van der Waals surface area contributed by atoms with Crippen molar-refractivity contribution in [2.75, 3.05) is 0 Å². The van der Waals surface area contributed by atoms with Gasteiger partial charge in [-0.1, -0.05) is 49.1 Å². The molecule has 3 heteroatoms. The van der Waals surface area contributed by atoms with Crippen LogP contribution in [0.5, 0.6) is 0 Å². The number of thiol groups is 1. The van der Waals surface area contributed by atoms with Crippen molar-refractivity contribution in [3.8, 4) is 0 Å². The second-order valence-corrected chi connectivity index (χ2v) is 6.44. The fourth-order valence-electron chi connectivity index (χ4n) is 2.52. The SMILES string of the molecule is C/C=C(\C)c1ccc(C=O)cc1.C=C(S)Cc1cccc2[nH]ccc12. The van der Waals surface area contributed by atoms with Gasteiger partial charge in [0.1, 0.15) is 6.29 Å². The topological polar surface area (TPSA) is 32.9 Å². The summed E-state index contributed by atoms with van der Waals surface area (Å²) in [5.74, 6) is 0. The molecule has 0 fully saturated rings. The van der Waals surface area contributed by atoms with Crippen molar-refractivity contribution in [3.63, 3.8) is 0 Å². The van der Waals surface area contributed by atoms with Crippen LogP contribution in [0.15, 0.2) is 72.3 Å². The molecule has 0 aliphatic heterocycles. The van der Waals surface area contributed by atoms with E-state index in [1.54, 1.807) is 0 Å². The Labute approximate surface area is 154 Å². The lowest BCUT2D eigenvalue weighted by Crippen LogP contribution is -1.84. The van der Waals surface area contributed by atoms with E-state index in [0.29, 0.717) is 0 Å². The molecule has 0 spiro atoms.